The molecule has 0 aliphatic heterocycles. The van der Waals surface area contributed by atoms with E-state index in [0.717, 1.165) is 12.8 Å². The van der Waals surface area contributed by atoms with Crippen LogP contribution in [0.5, 0.6) is 0 Å². The number of rotatable bonds is 4. The van der Waals surface area contributed by atoms with Crippen LogP contribution in [0.15, 0.2) is 28.8 Å². The largest absolute Gasteiger partial charge is 0.438 e. The van der Waals surface area contributed by atoms with Crippen molar-refractivity contribution in [2.45, 2.75) is 52.0 Å². The van der Waals surface area contributed by atoms with E-state index in [9.17, 15) is 4.79 Å². The third-order valence-corrected chi connectivity index (χ3v) is 4.30. The van der Waals surface area contributed by atoms with Crippen LogP contribution in [0.4, 0.5) is 0 Å². The zero-order valence-electron chi connectivity index (χ0n) is 13.2. The lowest BCUT2D eigenvalue weighted by molar-refractivity contribution is 0.0899. The van der Waals surface area contributed by atoms with Gasteiger partial charge in [0, 0.05) is 0 Å². The summed E-state index contributed by atoms with van der Waals surface area (Å²) < 4.78 is 5.29. The van der Waals surface area contributed by atoms with E-state index in [2.05, 4.69) is 35.4 Å². The molecule has 1 aromatic heterocycles. The third kappa shape index (κ3) is 3.06. The maximum atomic E-state index is 12.2. The fourth-order valence-corrected chi connectivity index (χ4v) is 3.07. The van der Waals surface area contributed by atoms with Crippen LogP contribution in [0.1, 0.15) is 65.4 Å². The minimum Gasteiger partial charge on any atom is -0.438 e. The van der Waals surface area contributed by atoms with Crippen molar-refractivity contribution in [1.29, 1.82) is 0 Å². The molecular formula is C18H22N2O2. The highest BCUT2D eigenvalue weighted by Gasteiger charge is 2.19. The average molecular weight is 298 g/mol. The number of carbonyl (C=O) groups excluding carboxylic acids is 1. The summed E-state index contributed by atoms with van der Waals surface area (Å²) in [5, 5.41) is 3.02. The maximum absolute atomic E-state index is 12.2. The molecule has 0 saturated heterocycles. The van der Waals surface area contributed by atoms with Crippen molar-refractivity contribution >= 4 is 5.91 Å². The van der Waals surface area contributed by atoms with Gasteiger partial charge >= 0.3 is 5.91 Å². The zero-order valence-corrected chi connectivity index (χ0v) is 13.2. The van der Waals surface area contributed by atoms with Crippen molar-refractivity contribution in [3.8, 4) is 0 Å². The lowest BCUT2D eigenvalue weighted by Gasteiger charge is -2.21. The molecule has 1 unspecified atom stereocenters. The summed E-state index contributed by atoms with van der Waals surface area (Å²) >= 11 is 0. The Bertz CT molecular complexity index is 675. The van der Waals surface area contributed by atoms with E-state index in [1.807, 2.05) is 0 Å². The monoisotopic (exact) mass is 298 g/mol. The Morgan fingerprint density at radius 3 is 2.77 bits per heavy atom. The van der Waals surface area contributed by atoms with E-state index in [1.165, 1.54) is 36.0 Å². The van der Waals surface area contributed by atoms with Gasteiger partial charge in [0.15, 0.2) is 0 Å². The fourth-order valence-electron chi connectivity index (χ4n) is 3.07. The lowest BCUT2D eigenvalue weighted by Crippen LogP contribution is -2.28. The maximum Gasteiger partial charge on any atom is 0.307 e. The van der Waals surface area contributed by atoms with Crippen LogP contribution in [-0.2, 0) is 12.8 Å². The van der Waals surface area contributed by atoms with Crippen LogP contribution in [0, 0.1) is 6.92 Å². The number of oxazole rings is 1. The SMILES string of the molecule is CCC(NC(=O)c1ncc(C)o1)c1ccc2c(c1)CCCC2. The molecule has 22 heavy (non-hydrogen) atoms. The molecule has 1 heterocycles. The van der Waals surface area contributed by atoms with Gasteiger partial charge in [-0.1, -0.05) is 25.1 Å². The molecule has 116 valence electrons. The summed E-state index contributed by atoms with van der Waals surface area (Å²) in [5.74, 6) is 0.526. The second kappa shape index (κ2) is 6.34. The van der Waals surface area contributed by atoms with Crippen molar-refractivity contribution in [2.75, 3.05) is 0 Å². The van der Waals surface area contributed by atoms with Crippen LogP contribution < -0.4 is 5.32 Å². The molecule has 1 atom stereocenters. The zero-order chi connectivity index (χ0) is 15.5. The number of aromatic nitrogens is 1. The van der Waals surface area contributed by atoms with Crippen molar-refractivity contribution in [3.05, 3.63) is 52.7 Å². The quantitative estimate of drug-likeness (QED) is 0.935. The van der Waals surface area contributed by atoms with Crippen LogP contribution in [0.25, 0.3) is 0 Å². The van der Waals surface area contributed by atoms with E-state index in [0.29, 0.717) is 5.76 Å². The molecule has 1 amide bonds. The van der Waals surface area contributed by atoms with Gasteiger partial charge in [-0.15, -0.1) is 0 Å². The molecule has 1 aliphatic rings. The summed E-state index contributed by atoms with van der Waals surface area (Å²) in [6.45, 7) is 3.86. The van der Waals surface area contributed by atoms with Crippen molar-refractivity contribution in [1.82, 2.24) is 10.3 Å². The predicted octanol–water partition coefficient (Wildman–Crippen LogP) is 3.74. The number of nitrogens with one attached hydrogen (secondary N) is 1. The van der Waals surface area contributed by atoms with Crippen LogP contribution in [0.3, 0.4) is 0 Å². The summed E-state index contributed by atoms with van der Waals surface area (Å²) in [6.07, 6.45) is 7.26. The average Bonchev–Trinajstić information content (AvgIpc) is 2.98. The van der Waals surface area contributed by atoms with Crippen LogP contribution >= 0.6 is 0 Å². The Hall–Kier alpha value is -2.10. The first-order valence-electron chi connectivity index (χ1n) is 8.02. The fraction of sp³-hybridized carbons (Fsp3) is 0.444. The predicted molar refractivity (Wildman–Crippen MR) is 84.8 cm³/mol. The number of hydrogen-bond acceptors (Lipinski definition) is 3. The molecule has 0 radical (unpaired) electrons. The molecule has 4 heteroatoms. The van der Waals surface area contributed by atoms with E-state index >= 15 is 0 Å². The third-order valence-electron chi connectivity index (χ3n) is 4.30. The van der Waals surface area contributed by atoms with E-state index in [4.69, 9.17) is 4.42 Å². The number of benzene rings is 1. The number of carbonyl (C=O) groups is 1. The minimum absolute atomic E-state index is 0.00747. The van der Waals surface area contributed by atoms with Gasteiger partial charge in [-0.25, -0.2) is 4.98 Å². The van der Waals surface area contributed by atoms with Gasteiger partial charge in [0.2, 0.25) is 0 Å². The topological polar surface area (TPSA) is 55.1 Å². The Kier molecular flexibility index (Phi) is 4.27. The molecule has 0 saturated carbocycles. The van der Waals surface area contributed by atoms with Gasteiger partial charge in [-0.3, -0.25) is 4.79 Å². The molecule has 1 aromatic carbocycles. The number of nitrogens with zero attached hydrogens (tertiary/aromatic N) is 1. The number of amides is 1. The van der Waals surface area contributed by atoms with Gasteiger partial charge in [0.25, 0.3) is 5.89 Å². The van der Waals surface area contributed by atoms with Gasteiger partial charge in [-0.05, 0) is 55.7 Å². The lowest BCUT2D eigenvalue weighted by atomic mass is 9.89. The Morgan fingerprint density at radius 2 is 2.09 bits per heavy atom. The number of fused-ring (bicyclic) bond motifs is 1. The highest BCUT2D eigenvalue weighted by molar-refractivity contribution is 5.89. The van der Waals surface area contributed by atoms with Gasteiger partial charge in [0.1, 0.15) is 5.76 Å². The Balaban J connectivity index is 1.77. The molecule has 2 aromatic rings. The molecule has 1 aliphatic carbocycles. The molecular weight excluding hydrogens is 276 g/mol. The highest BCUT2D eigenvalue weighted by Crippen LogP contribution is 2.26. The number of aryl methyl sites for hydroxylation is 3. The smallest absolute Gasteiger partial charge is 0.307 e. The van der Waals surface area contributed by atoms with Crippen molar-refractivity contribution < 1.29 is 9.21 Å². The first-order valence-corrected chi connectivity index (χ1v) is 8.02. The normalized spacial score (nSPS) is 15.2. The molecule has 0 spiro atoms. The summed E-state index contributed by atoms with van der Waals surface area (Å²) in [6, 6.07) is 6.60. The Morgan fingerprint density at radius 1 is 1.32 bits per heavy atom. The molecule has 1 N–H and O–H groups in total. The van der Waals surface area contributed by atoms with Gasteiger partial charge in [-0.2, -0.15) is 0 Å². The van der Waals surface area contributed by atoms with Crippen LogP contribution in [0.2, 0.25) is 0 Å². The van der Waals surface area contributed by atoms with Gasteiger partial charge in [0.05, 0.1) is 12.2 Å². The minimum atomic E-state index is -0.252. The van der Waals surface area contributed by atoms with E-state index in [1.54, 1.807) is 13.1 Å². The number of hydrogen-bond donors (Lipinski definition) is 1. The van der Waals surface area contributed by atoms with Crippen molar-refractivity contribution in [2.24, 2.45) is 0 Å². The summed E-state index contributed by atoms with van der Waals surface area (Å²) in [7, 11) is 0. The second-order valence-corrected chi connectivity index (χ2v) is 5.95. The first kappa shape index (κ1) is 14.8. The molecule has 4 nitrogen and oxygen atoms in total. The summed E-state index contributed by atoms with van der Waals surface area (Å²) in [5.41, 5.74) is 4.06. The van der Waals surface area contributed by atoms with E-state index < -0.39 is 0 Å². The van der Waals surface area contributed by atoms with E-state index in [-0.39, 0.29) is 17.8 Å². The summed E-state index contributed by atoms with van der Waals surface area (Å²) in [4.78, 5) is 16.2. The van der Waals surface area contributed by atoms with Gasteiger partial charge < -0.3 is 9.73 Å². The van der Waals surface area contributed by atoms with Crippen LogP contribution in [-0.4, -0.2) is 10.9 Å². The second-order valence-electron chi connectivity index (χ2n) is 5.95. The Labute approximate surface area is 130 Å². The molecule has 0 bridgehead atoms. The van der Waals surface area contributed by atoms with Crippen molar-refractivity contribution in [3.63, 3.8) is 0 Å². The molecule has 3 rings (SSSR count). The standard InChI is InChI=1S/C18H22N2O2/c1-3-16(20-17(21)18-19-11-12(2)22-18)15-9-8-13-6-4-5-7-14(13)10-15/h8-11,16H,3-7H2,1-2H3,(H,20,21). The first-order chi connectivity index (χ1) is 10.7. The highest BCUT2D eigenvalue weighted by atomic mass is 16.4. The molecule has 0 fully saturated rings.